The Morgan fingerprint density at radius 3 is 1.62 bits per heavy atom. The number of esters is 1. The first-order valence-electron chi connectivity index (χ1n) is 10.6. The average Bonchev–Trinajstić information content (AvgIpc) is 2.73. The first-order valence-corrected chi connectivity index (χ1v) is 10.6. The van der Waals surface area contributed by atoms with Gasteiger partial charge in [0.2, 0.25) is 0 Å². The lowest BCUT2D eigenvalue weighted by molar-refractivity contribution is -0.144. The van der Waals surface area contributed by atoms with Gasteiger partial charge < -0.3 is 15.6 Å². The Kier molecular flexibility index (Phi) is 20.5. The molecule has 0 bridgehead atoms. The Bertz CT molecular complexity index is 556. The van der Waals surface area contributed by atoms with Gasteiger partial charge in [0.15, 0.2) is 0 Å². The summed E-state index contributed by atoms with van der Waals surface area (Å²) in [6.07, 6.45) is 32.7. The van der Waals surface area contributed by atoms with Gasteiger partial charge in [-0.1, -0.05) is 79.8 Å². The van der Waals surface area contributed by atoms with E-state index in [0.717, 1.165) is 38.5 Å². The SMILES string of the molecule is CCC=CCC=CCC=CCC=CCC=CCC=CCCC(=O)OCC(N)CO. The number of allylic oxidation sites excluding steroid dienone is 12. The van der Waals surface area contributed by atoms with E-state index in [4.69, 9.17) is 15.6 Å². The van der Waals surface area contributed by atoms with Gasteiger partial charge in [-0.3, -0.25) is 4.79 Å². The number of carbonyl (C=O) groups is 1. The summed E-state index contributed by atoms with van der Waals surface area (Å²) < 4.78 is 4.94. The topological polar surface area (TPSA) is 72.5 Å². The molecule has 1 atom stereocenters. The molecular formula is C25H39NO3. The van der Waals surface area contributed by atoms with Crippen LogP contribution in [0.4, 0.5) is 0 Å². The van der Waals surface area contributed by atoms with E-state index < -0.39 is 6.04 Å². The van der Waals surface area contributed by atoms with Crippen LogP contribution < -0.4 is 5.73 Å². The molecule has 29 heavy (non-hydrogen) atoms. The van der Waals surface area contributed by atoms with Crippen LogP contribution in [0.5, 0.6) is 0 Å². The lowest BCUT2D eigenvalue weighted by Crippen LogP contribution is -2.31. The number of ether oxygens (including phenoxy) is 1. The summed E-state index contributed by atoms with van der Waals surface area (Å²) in [6, 6.07) is -0.496. The highest BCUT2D eigenvalue weighted by Gasteiger charge is 2.05. The highest BCUT2D eigenvalue weighted by molar-refractivity contribution is 5.69. The summed E-state index contributed by atoms with van der Waals surface area (Å²) in [5.74, 6) is -0.284. The molecule has 0 heterocycles. The quantitative estimate of drug-likeness (QED) is 0.255. The van der Waals surface area contributed by atoms with Crippen molar-refractivity contribution in [3.05, 3.63) is 72.9 Å². The minimum atomic E-state index is -0.496. The van der Waals surface area contributed by atoms with E-state index in [2.05, 4.69) is 67.7 Å². The normalized spacial score (nSPS) is 13.9. The fourth-order valence-corrected chi connectivity index (χ4v) is 2.17. The standard InChI is InChI=1S/C25H39NO3/c1-2-3-4-5-6-7-8-9-10-11-12-13-14-15-16-17-18-19-20-21-25(28)29-23-24(26)22-27/h3-4,6-7,9-10,12-13,15-16,18-19,24,27H,2,5,8,11,14,17,20-23,26H2,1H3. The average molecular weight is 402 g/mol. The van der Waals surface area contributed by atoms with E-state index in [1.165, 1.54) is 0 Å². The third-order valence-corrected chi connectivity index (χ3v) is 3.80. The molecule has 0 spiro atoms. The minimum absolute atomic E-state index is 0.0685. The van der Waals surface area contributed by atoms with Crippen molar-refractivity contribution in [3.8, 4) is 0 Å². The van der Waals surface area contributed by atoms with Gasteiger partial charge in [0.1, 0.15) is 6.61 Å². The molecule has 4 heteroatoms. The van der Waals surface area contributed by atoms with Crippen molar-refractivity contribution in [1.82, 2.24) is 0 Å². The Hall–Kier alpha value is -2.17. The molecule has 162 valence electrons. The molecule has 0 aliphatic rings. The van der Waals surface area contributed by atoms with Crippen LogP contribution in [0.3, 0.4) is 0 Å². The molecule has 4 nitrogen and oxygen atoms in total. The minimum Gasteiger partial charge on any atom is -0.464 e. The smallest absolute Gasteiger partial charge is 0.306 e. The Morgan fingerprint density at radius 2 is 1.21 bits per heavy atom. The number of nitrogens with two attached hydrogens (primary N) is 1. The number of carbonyl (C=O) groups excluding carboxylic acids is 1. The third kappa shape index (κ3) is 22.0. The van der Waals surface area contributed by atoms with Crippen LogP contribution in [-0.4, -0.2) is 30.3 Å². The predicted octanol–water partition coefficient (Wildman–Crippen LogP) is 5.33. The fourth-order valence-electron chi connectivity index (χ4n) is 2.17. The first-order chi connectivity index (χ1) is 14.2. The van der Waals surface area contributed by atoms with Crippen molar-refractivity contribution in [3.63, 3.8) is 0 Å². The van der Waals surface area contributed by atoms with Gasteiger partial charge in [0.25, 0.3) is 0 Å². The van der Waals surface area contributed by atoms with E-state index in [0.29, 0.717) is 12.8 Å². The van der Waals surface area contributed by atoms with E-state index in [1.54, 1.807) is 0 Å². The van der Waals surface area contributed by atoms with Crippen LogP contribution >= 0.6 is 0 Å². The zero-order valence-electron chi connectivity index (χ0n) is 17.9. The van der Waals surface area contributed by atoms with Crippen molar-refractivity contribution >= 4 is 5.97 Å². The Balaban J connectivity index is 3.58. The van der Waals surface area contributed by atoms with E-state index in [9.17, 15) is 4.79 Å². The molecule has 0 fully saturated rings. The second kappa shape index (κ2) is 22.1. The van der Waals surface area contributed by atoms with Gasteiger partial charge in [0, 0.05) is 6.42 Å². The number of hydrogen-bond acceptors (Lipinski definition) is 4. The van der Waals surface area contributed by atoms with E-state index in [-0.39, 0.29) is 19.2 Å². The van der Waals surface area contributed by atoms with Gasteiger partial charge in [-0.2, -0.15) is 0 Å². The zero-order valence-corrected chi connectivity index (χ0v) is 17.9. The van der Waals surface area contributed by atoms with E-state index >= 15 is 0 Å². The number of rotatable bonds is 17. The van der Waals surface area contributed by atoms with Gasteiger partial charge in [0.05, 0.1) is 12.6 Å². The van der Waals surface area contributed by atoms with Gasteiger partial charge in [-0.25, -0.2) is 0 Å². The summed E-state index contributed by atoms with van der Waals surface area (Å²) >= 11 is 0. The molecule has 0 amide bonds. The highest BCUT2D eigenvalue weighted by atomic mass is 16.5. The van der Waals surface area contributed by atoms with Crippen LogP contribution in [0.15, 0.2) is 72.9 Å². The number of aliphatic hydroxyl groups is 1. The van der Waals surface area contributed by atoms with Crippen LogP contribution in [-0.2, 0) is 9.53 Å². The second-order valence-electron chi connectivity index (χ2n) is 6.58. The molecule has 0 aliphatic carbocycles. The summed E-state index contributed by atoms with van der Waals surface area (Å²) in [6.45, 7) is 2.03. The van der Waals surface area contributed by atoms with Gasteiger partial charge in [-0.05, 0) is 44.9 Å². The Morgan fingerprint density at radius 1 is 0.793 bits per heavy atom. The molecule has 0 aliphatic heterocycles. The van der Waals surface area contributed by atoms with Crippen LogP contribution in [0, 0.1) is 0 Å². The van der Waals surface area contributed by atoms with Crippen molar-refractivity contribution < 1.29 is 14.6 Å². The molecule has 1 unspecified atom stereocenters. The zero-order chi connectivity index (χ0) is 21.4. The Labute approximate surface area is 177 Å². The molecule has 0 aromatic heterocycles. The highest BCUT2D eigenvalue weighted by Crippen LogP contribution is 1.99. The molecule has 0 aromatic carbocycles. The maximum atomic E-state index is 11.4. The molecule has 3 N–H and O–H groups in total. The van der Waals surface area contributed by atoms with Crippen molar-refractivity contribution in [2.24, 2.45) is 5.73 Å². The second-order valence-corrected chi connectivity index (χ2v) is 6.58. The lowest BCUT2D eigenvalue weighted by Gasteiger charge is -2.08. The maximum absolute atomic E-state index is 11.4. The molecule has 0 radical (unpaired) electrons. The van der Waals surface area contributed by atoms with Crippen molar-refractivity contribution in [1.29, 1.82) is 0 Å². The van der Waals surface area contributed by atoms with Crippen molar-refractivity contribution in [2.45, 2.75) is 64.3 Å². The molecule has 0 saturated carbocycles. The largest absolute Gasteiger partial charge is 0.464 e. The molecule has 0 rings (SSSR count). The monoisotopic (exact) mass is 401 g/mol. The van der Waals surface area contributed by atoms with Crippen LogP contribution in [0.25, 0.3) is 0 Å². The van der Waals surface area contributed by atoms with Crippen LogP contribution in [0.1, 0.15) is 58.3 Å². The van der Waals surface area contributed by atoms with Crippen LogP contribution in [0.2, 0.25) is 0 Å². The number of aliphatic hydroxyl groups excluding tert-OH is 1. The summed E-state index contributed by atoms with van der Waals surface area (Å²) in [7, 11) is 0. The number of hydrogen-bond donors (Lipinski definition) is 2. The molecule has 0 saturated heterocycles. The molecular weight excluding hydrogens is 362 g/mol. The third-order valence-electron chi connectivity index (χ3n) is 3.80. The predicted molar refractivity (Wildman–Crippen MR) is 123 cm³/mol. The summed E-state index contributed by atoms with van der Waals surface area (Å²) in [4.78, 5) is 11.4. The lowest BCUT2D eigenvalue weighted by atomic mass is 10.2. The summed E-state index contributed by atoms with van der Waals surface area (Å²) in [5, 5.41) is 8.75. The summed E-state index contributed by atoms with van der Waals surface area (Å²) in [5.41, 5.74) is 5.46. The van der Waals surface area contributed by atoms with Gasteiger partial charge >= 0.3 is 5.97 Å². The van der Waals surface area contributed by atoms with E-state index in [1.807, 2.05) is 12.2 Å². The van der Waals surface area contributed by atoms with Crippen molar-refractivity contribution in [2.75, 3.05) is 13.2 Å². The first kappa shape index (κ1) is 26.8. The van der Waals surface area contributed by atoms with Gasteiger partial charge in [-0.15, -0.1) is 0 Å². The maximum Gasteiger partial charge on any atom is 0.306 e. The molecule has 0 aromatic rings. The fraction of sp³-hybridized carbons (Fsp3) is 0.480.